The minimum absolute atomic E-state index is 0.0816. The maximum atomic E-state index is 12.3. The summed E-state index contributed by atoms with van der Waals surface area (Å²) in [5, 5.41) is 2.99. The zero-order chi connectivity index (χ0) is 17.6. The molecule has 1 atom stereocenters. The van der Waals surface area contributed by atoms with Gasteiger partial charge in [-0.2, -0.15) is 0 Å². The third-order valence-electron chi connectivity index (χ3n) is 4.21. The molecule has 2 aromatic rings. The number of rotatable bonds is 4. The van der Waals surface area contributed by atoms with Gasteiger partial charge in [-0.15, -0.1) is 0 Å². The molecule has 1 fully saturated rings. The Bertz CT molecular complexity index is 702. The molecule has 1 aliphatic heterocycles. The molecule has 1 aromatic heterocycles. The van der Waals surface area contributed by atoms with E-state index < -0.39 is 0 Å². The molecule has 1 aromatic carbocycles. The van der Waals surface area contributed by atoms with Crippen molar-refractivity contribution in [3.63, 3.8) is 0 Å². The molecule has 2 heterocycles. The number of aromatic nitrogens is 2. The van der Waals surface area contributed by atoms with Crippen molar-refractivity contribution in [2.75, 3.05) is 45.6 Å². The minimum atomic E-state index is -0.0816. The molecule has 3 rings (SSSR count). The molecule has 3 N–H and O–H groups in total. The first-order valence-corrected chi connectivity index (χ1v) is 8.34. The SMILES string of the molecule is CN1CCOCC(CNC(=O)c2ccc(-c3cnc(N)cn3)cc2)C1. The molecule has 132 valence electrons. The number of ether oxygens (including phenoxy) is 1. The van der Waals surface area contributed by atoms with Crippen molar-refractivity contribution in [1.82, 2.24) is 20.2 Å². The number of anilines is 1. The third kappa shape index (κ3) is 4.74. The van der Waals surface area contributed by atoms with Gasteiger partial charge in [-0.05, 0) is 19.2 Å². The quantitative estimate of drug-likeness (QED) is 0.863. The third-order valence-corrected chi connectivity index (χ3v) is 4.21. The Kier molecular flexibility index (Phi) is 5.57. The van der Waals surface area contributed by atoms with Gasteiger partial charge in [0.25, 0.3) is 5.91 Å². The van der Waals surface area contributed by atoms with E-state index in [9.17, 15) is 4.79 Å². The monoisotopic (exact) mass is 341 g/mol. The van der Waals surface area contributed by atoms with Crippen molar-refractivity contribution in [3.8, 4) is 11.3 Å². The van der Waals surface area contributed by atoms with E-state index in [0.717, 1.165) is 31.0 Å². The van der Waals surface area contributed by atoms with Crippen LogP contribution in [0.25, 0.3) is 11.3 Å². The summed E-state index contributed by atoms with van der Waals surface area (Å²) in [6, 6.07) is 7.30. The van der Waals surface area contributed by atoms with Crippen molar-refractivity contribution in [2.45, 2.75) is 0 Å². The van der Waals surface area contributed by atoms with Gasteiger partial charge in [-0.25, -0.2) is 4.98 Å². The first kappa shape index (κ1) is 17.3. The highest BCUT2D eigenvalue weighted by atomic mass is 16.5. The summed E-state index contributed by atoms with van der Waals surface area (Å²) in [4.78, 5) is 22.8. The molecule has 1 unspecified atom stereocenters. The lowest BCUT2D eigenvalue weighted by Gasteiger charge is -2.19. The van der Waals surface area contributed by atoms with Crippen molar-refractivity contribution < 1.29 is 9.53 Å². The highest BCUT2D eigenvalue weighted by molar-refractivity contribution is 5.94. The van der Waals surface area contributed by atoms with Crippen LogP contribution in [0.2, 0.25) is 0 Å². The number of likely N-dealkylation sites (N-methyl/N-ethyl adjacent to an activating group) is 1. The van der Waals surface area contributed by atoms with Gasteiger partial charge in [0.2, 0.25) is 0 Å². The number of hydrogen-bond donors (Lipinski definition) is 2. The number of amides is 1. The predicted molar refractivity (Wildman–Crippen MR) is 96.0 cm³/mol. The van der Waals surface area contributed by atoms with E-state index in [1.807, 2.05) is 12.1 Å². The van der Waals surface area contributed by atoms with Crippen molar-refractivity contribution in [2.24, 2.45) is 5.92 Å². The molecule has 0 spiro atoms. The maximum Gasteiger partial charge on any atom is 0.251 e. The highest BCUT2D eigenvalue weighted by Gasteiger charge is 2.17. The Morgan fingerprint density at radius 2 is 2.12 bits per heavy atom. The minimum Gasteiger partial charge on any atom is -0.382 e. The van der Waals surface area contributed by atoms with Crippen LogP contribution in [0.15, 0.2) is 36.7 Å². The standard InChI is InChI=1S/C18H23N5O2/c1-23-6-7-25-12-13(11-23)8-22-18(24)15-4-2-14(3-5-15)16-9-21-17(19)10-20-16/h2-5,9-10,13H,6-8,11-12H2,1H3,(H2,19,21)(H,22,24). The summed E-state index contributed by atoms with van der Waals surface area (Å²) in [6.45, 7) is 3.89. The van der Waals surface area contributed by atoms with Gasteiger partial charge in [0.15, 0.2) is 0 Å². The number of carbonyl (C=O) groups is 1. The normalized spacial score (nSPS) is 18.5. The molecular weight excluding hydrogens is 318 g/mol. The van der Waals surface area contributed by atoms with Crippen LogP contribution in [-0.4, -0.2) is 60.7 Å². The smallest absolute Gasteiger partial charge is 0.251 e. The van der Waals surface area contributed by atoms with Crippen molar-refractivity contribution in [1.29, 1.82) is 0 Å². The lowest BCUT2D eigenvalue weighted by Crippen LogP contribution is -2.35. The van der Waals surface area contributed by atoms with Gasteiger partial charge in [0.05, 0.1) is 31.3 Å². The molecule has 1 saturated heterocycles. The molecule has 7 heteroatoms. The molecule has 7 nitrogen and oxygen atoms in total. The molecule has 0 bridgehead atoms. The van der Waals surface area contributed by atoms with E-state index in [2.05, 4.69) is 27.2 Å². The molecule has 0 radical (unpaired) electrons. The molecule has 0 saturated carbocycles. The van der Waals surface area contributed by atoms with E-state index in [1.165, 1.54) is 6.20 Å². The van der Waals surface area contributed by atoms with Crippen molar-refractivity contribution >= 4 is 11.7 Å². The van der Waals surface area contributed by atoms with E-state index in [1.54, 1.807) is 18.3 Å². The predicted octanol–water partition coefficient (Wildman–Crippen LogP) is 1.03. The van der Waals surface area contributed by atoms with Crippen LogP contribution in [0.3, 0.4) is 0 Å². The zero-order valence-corrected chi connectivity index (χ0v) is 14.3. The van der Waals surface area contributed by atoms with Crippen LogP contribution in [-0.2, 0) is 4.74 Å². The van der Waals surface area contributed by atoms with Crippen LogP contribution in [0.1, 0.15) is 10.4 Å². The Morgan fingerprint density at radius 1 is 1.32 bits per heavy atom. The van der Waals surface area contributed by atoms with Crippen LogP contribution in [0.4, 0.5) is 5.82 Å². The summed E-state index contributed by atoms with van der Waals surface area (Å²) in [6.07, 6.45) is 3.13. The first-order valence-electron chi connectivity index (χ1n) is 8.34. The van der Waals surface area contributed by atoms with Gasteiger partial charge in [-0.3, -0.25) is 9.78 Å². The fourth-order valence-electron chi connectivity index (χ4n) is 2.80. The van der Waals surface area contributed by atoms with Crippen LogP contribution < -0.4 is 11.1 Å². The average Bonchev–Trinajstić information content (AvgIpc) is 2.84. The van der Waals surface area contributed by atoms with Crippen molar-refractivity contribution in [3.05, 3.63) is 42.2 Å². The van der Waals surface area contributed by atoms with E-state index in [4.69, 9.17) is 10.5 Å². The van der Waals surface area contributed by atoms with Crippen LogP contribution in [0.5, 0.6) is 0 Å². The number of nitrogen functional groups attached to an aromatic ring is 1. The topological polar surface area (TPSA) is 93.4 Å². The Morgan fingerprint density at radius 3 is 2.84 bits per heavy atom. The van der Waals surface area contributed by atoms with Gasteiger partial charge in [0, 0.05) is 36.7 Å². The second kappa shape index (κ2) is 8.04. The van der Waals surface area contributed by atoms with E-state index in [-0.39, 0.29) is 5.91 Å². The summed E-state index contributed by atoms with van der Waals surface area (Å²) in [5.41, 5.74) is 7.78. The summed E-state index contributed by atoms with van der Waals surface area (Å²) < 4.78 is 5.57. The Balaban J connectivity index is 1.58. The largest absolute Gasteiger partial charge is 0.382 e. The molecule has 25 heavy (non-hydrogen) atoms. The number of carbonyl (C=O) groups excluding carboxylic acids is 1. The van der Waals surface area contributed by atoms with Gasteiger partial charge in [0.1, 0.15) is 5.82 Å². The molecular formula is C18H23N5O2. The first-order chi connectivity index (χ1) is 12.1. The Labute approximate surface area is 147 Å². The average molecular weight is 341 g/mol. The molecule has 0 aliphatic carbocycles. The van der Waals surface area contributed by atoms with Gasteiger partial charge in [-0.1, -0.05) is 12.1 Å². The second-order valence-corrected chi connectivity index (χ2v) is 6.32. The maximum absolute atomic E-state index is 12.3. The number of hydrogen-bond acceptors (Lipinski definition) is 6. The highest BCUT2D eigenvalue weighted by Crippen LogP contribution is 2.17. The number of benzene rings is 1. The van der Waals surface area contributed by atoms with E-state index in [0.29, 0.717) is 30.5 Å². The fourth-order valence-corrected chi connectivity index (χ4v) is 2.80. The summed E-state index contributed by atoms with van der Waals surface area (Å²) in [7, 11) is 2.07. The summed E-state index contributed by atoms with van der Waals surface area (Å²) >= 11 is 0. The lowest BCUT2D eigenvalue weighted by molar-refractivity contribution is 0.0921. The van der Waals surface area contributed by atoms with E-state index >= 15 is 0 Å². The molecule has 1 aliphatic rings. The number of nitrogens with zero attached hydrogens (tertiary/aromatic N) is 3. The zero-order valence-electron chi connectivity index (χ0n) is 14.3. The second-order valence-electron chi connectivity index (χ2n) is 6.32. The van der Waals surface area contributed by atoms with Crippen LogP contribution >= 0.6 is 0 Å². The molecule has 1 amide bonds. The fraction of sp³-hybridized carbons (Fsp3) is 0.389. The Hall–Kier alpha value is -2.51. The van der Waals surface area contributed by atoms with Crippen LogP contribution in [0, 0.1) is 5.92 Å². The van der Waals surface area contributed by atoms with Gasteiger partial charge >= 0.3 is 0 Å². The van der Waals surface area contributed by atoms with Gasteiger partial charge < -0.3 is 20.7 Å². The number of nitrogens with two attached hydrogens (primary N) is 1. The summed E-state index contributed by atoms with van der Waals surface area (Å²) in [5.74, 6) is 0.607. The number of nitrogens with one attached hydrogen (secondary N) is 1. The lowest BCUT2D eigenvalue weighted by atomic mass is 10.1.